The van der Waals surface area contributed by atoms with Crippen LogP contribution in [0.3, 0.4) is 0 Å². The number of aromatic nitrogens is 1. The summed E-state index contributed by atoms with van der Waals surface area (Å²) < 4.78 is 40.7. The number of carbonyl (C=O) groups is 2. The third-order valence-corrected chi connectivity index (χ3v) is 4.16. The van der Waals surface area contributed by atoms with Gasteiger partial charge in [-0.1, -0.05) is 0 Å². The second-order valence-corrected chi connectivity index (χ2v) is 6.20. The molecule has 0 bridgehead atoms. The fourth-order valence-corrected chi connectivity index (χ4v) is 2.79. The van der Waals surface area contributed by atoms with Gasteiger partial charge in [0.1, 0.15) is 18.4 Å². The van der Waals surface area contributed by atoms with Crippen molar-refractivity contribution in [2.24, 2.45) is 0 Å². The molecule has 0 saturated heterocycles. The first-order valence-corrected chi connectivity index (χ1v) is 8.17. The summed E-state index contributed by atoms with van der Waals surface area (Å²) in [5.41, 5.74) is 0.447. The van der Waals surface area contributed by atoms with Crippen LogP contribution in [0.5, 0.6) is 0 Å². The molecule has 3 rings (SSSR count). The molecule has 7 nitrogen and oxygen atoms in total. The van der Waals surface area contributed by atoms with Crippen molar-refractivity contribution in [2.45, 2.75) is 19.5 Å². The van der Waals surface area contributed by atoms with E-state index in [0.29, 0.717) is 5.56 Å². The van der Waals surface area contributed by atoms with Gasteiger partial charge >= 0.3 is 6.03 Å². The lowest BCUT2D eigenvalue weighted by Gasteiger charge is -2.29. The van der Waals surface area contributed by atoms with Crippen LogP contribution < -0.4 is 10.6 Å². The zero-order chi connectivity index (χ0) is 20.4. The van der Waals surface area contributed by atoms with Gasteiger partial charge < -0.3 is 15.5 Å². The molecule has 28 heavy (non-hydrogen) atoms. The van der Waals surface area contributed by atoms with Crippen molar-refractivity contribution in [3.05, 3.63) is 58.7 Å². The molecule has 0 saturated carbocycles. The smallest absolute Gasteiger partial charge is 0.322 e. The molecule has 2 aromatic rings. The van der Waals surface area contributed by atoms with Crippen LogP contribution in [0.15, 0.2) is 24.4 Å². The molecule has 0 radical (unpaired) electrons. The van der Waals surface area contributed by atoms with Gasteiger partial charge in [0.05, 0.1) is 29.5 Å². The normalized spacial score (nSPS) is 14.0. The van der Waals surface area contributed by atoms with Gasteiger partial charge in [-0.15, -0.1) is 0 Å². The number of nitriles is 1. The number of pyridine rings is 1. The minimum atomic E-state index is -1.09. The van der Waals surface area contributed by atoms with Crippen molar-refractivity contribution in [1.82, 2.24) is 15.2 Å². The van der Waals surface area contributed by atoms with E-state index in [4.69, 9.17) is 5.26 Å². The van der Waals surface area contributed by atoms with Crippen molar-refractivity contribution >= 4 is 17.6 Å². The first kappa shape index (κ1) is 19.2. The van der Waals surface area contributed by atoms with E-state index in [-0.39, 0.29) is 30.0 Å². The van der Waals surface area contributed by atoms with E-state index in [1.807, 2.05) is 0 Å². The summed E-state index contributed by atoms with van der Waals surface area (Å²) >= 11 is 0. The maximum Gasteiger partial charge on any atom is 0.322 e. The highest BCUT2D eigenvalue weighted by molar-refractivity contribution is 5.94. The van der Waals surface area contributed by atoms with Crippen molar-refractivity contribution < 1.29 is 22.8 Å². The predicted molar refractivity (Wildman–Crippen MR) is 91.3 cm³/mol. The highest BCUT2D eigenvalue weighted by Gasteiger charge is 2.26. The lowest BCUT2D eigenvalue weighted by atomic mass is 10.1. The molecule has 2 N–H and O–H groups in total. The Hall–Kier alpha value is -3.61. The second-order valence-electron chi connectivity index (χ2n) is 6.20. The average Bonchev–Trinajstić information content (AvgIpc) is 2.63. The first-order chi connectivity index (χ1) is 13.3. The molecular weight excluding hydrogens is 375 g/mol. The van der Waals surface area contributed by atoms with Crippen LogP contribution in [0.25, 0.3) is 0 Å². The van der Waals surface area contributed by atoms with Gasteiger partial charge in [-0.25, -0.2) is 18.0 Å². The number of nitrogens with zero attached hydrogens (tertiary/aromatic N) is 3. The van der Waals surface area contributed by atoms with Crippen LogP contribution in [0.4, 0.5) is 23.7 Å². The quantitative estimate of drug-likeness (QED) is 0.840. The van der Waals surface area contributed by atoms with E-state index >= 15 is 0 Å². The van der Waals surface area contributed by atoms with Gasteiger partial charge in [0.2, 0.25) is 5.91 Å². The molecule has 1 aromatic heterocycles. The summed E-state index contributed by atoms with van der Waals surface area (Å²) in [5, 5.41) is 13.6. The molecule has 2 heterocycles. The molecule has 1 aliphatic rings. The summed E-state index contributed by atoms with van der Waals surface area (Å²) in [6.07, 6.45) is 1.18. The third-order valence-electron chi connectivity index (χ3n) is 4.16. The summed E-state index contributed by atoms with van der Waals surface area (Å²) in [5.74, 6) is -3.49. The largest absolute Gasteiger partial charge is 0.346 e. The number of urea groups is 1. The number of benzene rings is 1. The maximum atomic E-state index is 14.0. The maximum absolute atomic E-state index is 14.0. The zero-order valence-electron chi connectivity index (χ0n) is 14.6. The topological polar surface area (TPSA) is 98.1 Å². The van der Waals surface area contributed by atoms with Crippen molar-refractivity contribution in [3.63, 3.8) is 0 Å². The summed E-state index contributed by atoms with van der Waals surface area (Å²) in [6.45, 7) is 1.02. The molecule has 3 amide bonds. The Morgan fingerprint density at radius 1 is 1.32 bits per heavy atom. The van der Waals surface area contributed by atoms with Crippen LogP contribution in [-0.2, 0) is 11.3 Å². The lowest BCUT2D eigenvalue weighted by molar-refractivity contribution is -0.122. The summed E-state index contributed by atoms with van der Waals surface area (Å²) in [4.78, 5) is 29.3. The number of fused-ring (bicyclic) bond motifs is 1. The van der Waals surface area contributed by atoms with Gasteiger partial charge in [0, 0.05) is 12.3 Å². The minimum absolute atomic E-state index is 0.0482. The molecule has 144 valence electrons. The van der Waals surface area contributed by atoms with E-state index in [2.05, 4.69) is 15.6 Å². The molecule has 0 aliphatic carbocycles. The fraction of sp³-hybridized carbons (Fsp3) is 0.222. The molecule has 1 atom stereocenters. The monoisotopic (exact) mass is 389 g/mol. The number of nitrogens with one attached hydrogen (secondary N) is 2. The zero-order valence-corrected chi connectivity index (χ0v) is 14.6. The van der Waals surface area contributed by atoms with Crippen LogP contribution >= 0.6 is 0 Å². The van der Waals surface area contributed by atoms with Gasteiger partial charge in [-0.2, -0.15) is 5.26 Å². The van der Waals surface area contributed by atoms with Crippen LogP contribution in [0.2, 0.25) is 0 Å². The van der Waals surface area contributed by atoms with E-state index < -0.39 is 35.4 Å². The van der Waals surface area contributed by atoms with Gasteiger partial charge in [-0.3, -0.25) is 9.78 Å². The van der Waals surface area contributed by atoms with Crippen LogP contribution in [0, 0.1) is 28.8 Å². The molecule has 0 unspecified atom stereocenters. The molecule has 10 heteroatoms. The van der Waals surface area contributed by atoms with Crippen molar-refractivity contribution in [3.8, 4) is 6.07 Å². The average molecular weight is 389 g/mol. The minimum Gasteiger partial charge on any atom is -0.346 e. The van der Waals surface area contributed by atoms with E-state index in [9.17, 15) is 22.8 Å². The molecule has 0 fully saturated rings. The van der Waals surface area contributed by atoms with E-state index in [1.165, 1.54) is 13.1 Å². The molecule has 0 spiro atoms. The Morgan fingerprint density at radius 3 is 2.71 bits per heavy atom. The van der Waals surface area contributed by atoms with E-state index in [0.717, 1.165) is 23.1 Å². The van der Waals surface area contributed by atoms with E-state index in [1.54, 1.807) is 6.07 Å². The third kappa shape index (κ3) is 3.88. The summed E-state index contributed by atoms with van der Waals surface area (Å²) in [7, 11) is 0. The Labute approximate surface area is 157 Å². The highest BCUT2D eigenvalue weighted by Crippen LogP contribution is 2.26. The Morgan fingerprint density at radius 2 is 2.04 bits per heavy atom. The first-order valence-electron chi connectivity index (χ1n) is 8.17. The predicted octanol–water partition coefficient (Wildman–Crippen LogP) is 2.60. The number of amides is 3. The van der Waals surface area contributed by atoms with Gasteiger partial charge in [-0.05, 0) is 24.6 Å². The Kier molecular flexibility index (Phi) is 5.17. The number of rotatable bonds is 4. The van der Waals surface area contributed by atoms with Gasteiger partial charge in [0.15, 0.2) is 11.6 Å². The number of hydrogen-bond acceptors (Lipinski definition) is 4. The van der Waals surface area contributed by atoms with Crippen molar-refractivity contribution in [1.29, 1.82) is 5.26 Å². The summed E-state index contributed by atoms with van der Waals surface area (Å²) in [6, 6.07) is 3.13. The molecule has 1 aliphatic heterocycles. The van der Waals surface area contributed by atoms with Crippen LogP contribution in [-0.4, -0.2) is 28.4 Å². The van der Waals surface area contributed by atoms with Gasteiger partial charge in [0.25, 0.3) is 0 Å². The number of halogens is 3. The van der Waals surface area contributed by atoms with Crippen LogP contribution in [0.1, 0.15) is 29.8 Å². The molecule has 1 aromatic carbocycles. The second kappa shape index (κ2) is 7.56. The molecular formula is C18H14F3N5O2. The number of carbonyl (C=O) groups excluding carboxylic acids is 2. The highest BCUT2D eigenvalue weighted by atomic mass is 19.2. The number of anilines is 1. The Bertz CT molecular complexity index is 1010. The lowest BCUT2D eigenvalue weighted by Crippen LogP contribution is -2.45. The fourth-order valence-electron chi connectivity index (χ4n) is 2.79. The SMILES string of the molecule is C[C@H](NC(=O)CN1Cc2cc(F)c(F)cc2NC1=O)c1ncc(C#N)cc1F. The van der Waals surface area contributed by atoms with Crippen molar-refractivity contribution in [2.75, 3.05) is 11.9 Å². The number of hydrogen-bond donors (Lipinski definition) is 2. The standard InChI is InChI=1S/C18H14F3N5O2/c1-9(17-14(21)2-10(5-22)6-23-17)24-16(27)8-26-7-11-3-12(19)13(20)4-15(11)25-18(26)28/h2-4,6,9H,7-8H2,1H3,(H,24,27)(H,25,28)/t9-/m0/s1. The Balaban J connectivity index is 1.67.